The van der Waals surface area contributed by atoms with Gasteiger partial charge in [-0.3, -0.25) is 0 Å². The number of allylic oxidation sites excluding steroid dienone is 2. The topological polar surface area (TPSA) is 94.8 Å². The van der Waals surface area contributed by atoms with E-state index in [1.807, 2.05) is 12.3 Å². The fraction of sp³-hybridized carbons (Fsp3) is 0.357. The van der Waals surface area contributed by atoms with Crippen LogP contribution in [0.2, 0.25) is 0 Å². The number of aromatic nitrogens is 3. The molecule has 0 fully saturated rings. The monoisotopic (exact) mass is 272 g/mol. The summed E-state index contributed by atoms with van der Waals surface area (Å²) in [5.74, 6) is 0.429. The van der Waals surface area contributed by atoms with Gasteiger partial charge in [0.05, 0.1) is 17.1 Å². The van der Waals surface area contributed by atoms with Gasteiger partial charge in [0.2, 0.25) is 5.88 Å². The highest BCUT2D eigenvalue weighted by Gasteiger charge is 2.17. The zero-order chi connectivity index (χ0) is 14.6. The Labute approximate surface area is 116 Å². The average Bonchev–Trinajstić information content (AvgIpc) is 2.80. The van der Waals surface area contributed by atoms with Gasteiger partial charge in [0.25, 0.3) is 0 Å². The van der Waals surface area contributed by atoms with Crippen LogP contribution in [0.5, 0.6) is 5.88 Å². The molecule has 0 atom stereocenters. The van der Waals surface area contributed by atoms with Crippen LogP contribution in [0.25, 0.3) is 11.0 Å². The number of aliphatic hydroxyl groups is 1. The molecule has 0 spiro atoms. The standard InChI is InChI=1S/C14H16N4O2/c1-14(2,19)8-20-13-11-10(5-3-4-6-15)7-16-12(11)17-9-18-13/h3-4,7,9,19H,5,8H2,1-2H3,(H,16,17,18)/b4-3-. The summed E-state index contributed by atoms with van der Waals surface area (Å²) in [7, 11) is 0. The molecule has 0 bridgehead atoms. The SMILES string of the molecule is CC(C)(O)COc1ncnc2[nH]cc(C/C=C\C#N)c12. The molecule has 104 valence electrons. The Kier molecular flexibility index (Phi) is 4.01. The Hall–Kier alpha value is -2.39. The first-order valence-electron chi connectivity index (χ1n) is 6.22. The van der Waals surface area contributed by atoms with E-state index < -0.39 is 5.60 Å². The molecule has 0 saturated carbocycles. The lowest BCUT2D eigenvalue weighted by Gasteiger charge is -2.17. The lowest BCUT2D eigenvalue weighted by molar-refractivity contribution is 0.0274. The molecule has 0 saturated heterocycles. The number of aromatic amines is 1. The second-order valence-corrected chi connectivity index (χ2v) is 5.05. The molecule has 0 aliphatic heterocycles. The van der Waals surface area contributed by atoms with Crippen molar-refractivity contribution in [2.75, 3.05) is 6.61 Å². The van der Waals surface area contributed by atoms with E-state index in [4.69, 9.17) is 10.00 Å². The Bertz CT molecular complexity index is 662. The number of nitrogens with zero attached hydrogens (tertiary/aromatic N) is 3. The molecule has 0 aromatic carbocycles. The van der Waals surface area contributed by atoms with Gasteiger partial charge < -0.3 is 14.8 Å². The maximum Gasteiger partial charge on any atom is 0.226 e. The van der Waals surface area contributed by atoms with Gasteiger partial charge in [-0.2, -0.15) is 5.26 Å². The fourth-order valence-electron chi connectivity index (χ4n) is 1.75. The molecular formula is C14H16N4O2. The van der Waals surface area contributed by atoms with Crippen molar-refractivity contribution in [2.45, 2.75) is 25.9 Å². The molecule has 0 aliphatic carbocycles. The molecule has 0 aliphatic rings. The first kappa shape index (κ1) is 14.0. The molecule has 6 nitrogen and oxygen atoms in total. The van der Waals surface area contributed by atoms with E-state index >= 15 is 0 Å². The predicted octanol–water partition coefficient (Wildman–Crippen LogP) is 1.73. The van der Waals surface area contributed by atoms with Crippen LogP contribution in [-0.4, -0.2) is 32.3 Å². The molecule has 2 heterocycles. The van der Waals surface area contributed by atoms with Crippen molar-refractivity contribution >= 4 is 11.0 Å². The van der Waals surface area contributed by atoms with Crippen LogP contribution in [-0.2, 0) is 6.42 Å². The third-order valence-electron chi connectivity index (χ3n) is 2.61. The molecular weight excluding hydrogens is 256 g/mol. The summed E-state index contributed by atoms with van der Waals surface area (Å²) in [5, 5.41) is 19.0. The lowest BCUT2D eigenvalue weighted by Crippen LogP contribution is -2.28. The average molecular weight is 272 g/mol. The molecule has 20 heavy (non-hydrogen) atoms. The van der Waals surface area contributed by atoms with Crippen LogP contribution in [0.4, 0.5) is 0 Å². The number of ether oxygens (including phenoxy) is 1. The Balaban J connectivity index is 2.32. The number of nitriles is 1. The molecule has 2 aromatic rings. The van der Waals surface area contributed by atoms with E-state index in [1.165, 1.54) is 12.4 Å². The summed E-state index contributed by atoms with van der Waals surface area (Å²) >= 11 is 0. The zero-order valence-corrected chi connectivity index (χ0v) is 11.4. The second-order valence-electron chi connectivity index (χ2n) is 5.05. The van der Waals surface area contributed by atoms with Crippen LogP contribution in [0, 0.1) is 11.3 Å². The minimum Gasteiger partial charge on any atom is -0.474 e. The largest absolute Gasteiger partial charge is 0.474 e. The molecule has 2 rings (SSSR count). The van der Waals surface area contributed by atoms with Gasteiger partial charge in [0, 0.05) is 12.3 Å². The molecule has 0 unspecified atom stereocenters. The Morgan fingerprint density at radius 1 is 1.50 bits per heavy atom. The summed E-state index contributed by atoms with van der Waals surface area (Å²) in [6, 6.07) is 1.95. The lowest BCUT2D eigenvalue weighted by atomic mass is 10.1. The van der Waals surface area contributed by atoms with Crippen molar-refractivity contribution < 1.29 is 9.84 Å². The van der Waals surface area contributed by atoms with Gasteiger partial charge in [0.15, 0.2) is 0 Å². The smallest absolute Gasteiger partial charge is 0.226 e. The zero-order valence-electron chi connectivity index (χ0n) is 11.4. The third kappa shape index (κ3) is 3.33. The minimum absolute atomic E-state index is 0.137. The molecule has 2 N–H and O–H groups in total. The van der Waals surface area contributed by atoms with E-state index in [9.17, 15) is 5.11 Å². The summed E-state index contributed by atoms with van der Waals surface area (Å²) < 4.78 is 5.58. The molecule has 6 heteroatoms. The summed E-state index contributed by atoms with van der Waals surface area (Å²) in [6.45, 7) is 3.47. The van der Waals surface area contributed by atoms with Gasteiger partial charge in [-0.25, -0.2) is 9.97 Å². The van der Waals surface area contributed by atoms with Gasteiger partial charge >= 0.3 is 0 Å². The van der Waals surface area contributed by atoms with Crippen molar-refractivity contribution in [1.82, 2.24) is 15.0 Å². The van der Waals surface area contributed by atoms with Gasteiger partial charge in [-0.05, 0) is 25.8 Å². The molecule has 0 radical (unpaired) electrons. The number of fused-ring (bicyclic) bond motifs is 1. The van der Waals surface area contributed by atoms with Crippen molar-refractivity contribution in [3.63, 3.8) is 0 Å². The number of rotatable bonds is 5. The minimum atomic E-state index is -0.936. The maximum absolute atomic E-state index is 9.72. The molecule has 2 aromatic heterocycles. The van der Waals surface area contributed by atoms with E-state index in [1.54, 1.807) is 19.9 Å². The summed E-state index contributed by atoms with van der Waals surface area (Å²) in [5.41, 5.74) is 0.679. The van der Waals surface area contributed by atoms with E-state index in [0.29, 0.717) is 17.9 Å². The highest BCUT2D eigenvalue weighted by molar-refractivity contribution is 5.84. The quantitative estimate of drug-likeness (QED) is 0.808. The van der Waals surface area contributed by atoms with Gasteiger partial charge in [-0.15, -0.1) is 0 Å². The van der Waals surface area contributed by atoms with Crippen molar-refractivity contribution in [3.8, 4) is 11.9 Å². The second kappa shape index (κ2) is 5.72. The Morgan fingerprint density at radius 2 is 2.30 bits per heavy atom. The summed E-state index contributed by atoms with van der Waals surface area (Å²) in [6.07, 6.45) is 7.00. The van der Waals surface area contributed by atoms with Crippen LogP contribution in [0.15, 0.2) is 24.7 Å². The highest BCUT2D eigenvalue weighted by Crippen LogP contribution is 2.26. The van der Waals surface area contributed by atoms with Gasteiger partial charge in [0.1, 0.15) is 18.6 Å². The first-order chi connectivity index (χ1) is 9.51. The fourth-order valence-corrected chi connectivity index (χ4v) is 1.75. The number of H-pyrrole nitrogens is 1. The van der Waals surface area contributed by atoms with Crippen LogP contribution in [0.1, 0.15) is 19.4 Å². The summed E-state index contributed by atoms with van der Waals surface area (Å²) in [4.78, 5) is 11.3. The number of hydrogen-bond acceptors (Lipinski definition) is 5. The first-order valence-corrected chi connectivity index (χ1v) is 6.22. The Morgan fingerprint density at radius 3 is 3.00 bits per heavy atom. The van der Waals surface area contributed by atoms with E-state index in [-0.39, 0.29) is 6.61 Å². The van der Waals surface area contributed by atoms with Crippen LogP contribution >= 0.6 is 0 Å². The van der Waals surface area contributed by atoms with Crippen molar-refractivity contribution in [3.05, 3.63) is 30.2 Å². The van der Waals surface area contributed by atoms with Crippen molar-refractivity contribution in [2.24, 2.45) is 0 Å². The van der Waals surface area contributed by atoms with E-state index in [0.717, 1.165) is 10.9 Å². The van der Waals surface area contributed by atoms with Crippen LogP contribution in [0.3, 0.4) is 0 Å². The molecule has 0 amide bonds. The maximum atomic E-state index is 9.72. The predicted molar refractivity (Wildman–Crippen MR) is 74.1 cm³/mol. The van der Waals surface area contributed by atoms with Crippen molar-refractivity contribution in [1.29, 1.82) is 5.26 Å². The van der Waals surface area contributed by atoms with Gasteiger partial charge in [-0.1, -0.05) is 6.08 Å². The number of nitrogens with one attached hydrogen (secondary N) is 1. The third-order valence-corrected chi connectivity index (χ3v) is 2.61. The van der Waals surface area contributed by atoms with Crippen LogP contribution < -0.4 is 4.74 Å². The normalized spacial score (nSPS) is 11.9. The number of hydrogen-bond donors (Lipinski definition) is 2. The highest BCUT2D eigenvalue weighted by atomic mass is 16.5. The van der Waals surface area contributed by atoms with E-state index in [2.05, 4.69) is 15.0 Å².